The van der Waals surface area contributed by atoms with Crippen LogP contribution in [0.1, 0.15) is 19.4 Å². The minimum absolute atomic E-state index is 0.0434. The maximum atomic E-state index is 12.3. The molecule has 0 aliphatic rings. The van der Waals surface area contributed by atoms with Crippen LogP contribution in [-0.2, 0) is 11.3 Å². The Morgan fingerprint density at radius 1 is 1.18 bits per heavy atom. The van der Waals surface area contributed by atoms with Crippen molar-refractivity contribution in [2.24, 2.45) is 5.10 Å². The molecule has 0 unspecified atom stereocenters. The fourth-order valence-corrected chi connectivity index (χ4v) is 3.88. The molecular weight excluding hydrogens is 460 g/mol. The van der Waals surface area contributed by atoms with Crippen molar-refractivity contribution in [2.45, 2.75) is 25.5 Å². The second-order valence-electron chi connectivity index (χ2n) is 6.95. The molecular formula is C22H24N6O5S. The number of hydrogen-bond acceptors (Lipinski definition) is 9. The van der Waals surface area contributed by atoms with Crippen molar-refractivity contribution >= 4 is 29.1 Å². The van der Waals surface area contributed by atoms with Crippen LogP contribution in [0, 0.1) is 10.1 Å². The van der Waals surface area contributed by atoms with Gasteiger partial charge in [-0.15, -0.1) is 10.2 Å². The van der Waals surface area contributed by atoms with Crippen LogP contribution in [-0.4, -0.2) is 51.3 Å². The highest BCUT2D eigenvalue weighted by Crippen LogP contribution is 2.32. The highest BCUT2D eigenvalue weighted by atomic mass is 32.2. The normalized spacial score (nSPS) is 11.2. The van der Waals surface area contributed by atoms with Crippen LogP contribution in [0.2, 0.25) is 0 Å². The van der Waals surface area contributed by atoms with Gasteiger partial charge in [0.05, 0.1) is 30.6 Å². The molecule has 2 aromatic carbocycles. The van der Waals surface area contributed by atoms with E-state index in [-0.39, 0.29) is 17.3 Å². The van der Waals surface area contributed by atoms with Gasteiger partial charge in [-0.05, 0) is 32.0 Å². The standard InChI is InChI=1S/C22H24N6O5S/c1-5-27-21(16-9-10-18(32-3)19(12-16)33-4)25-26-22(27)34-13-20(29)24-23-14(2)15-7-6-8-17(11-15)28(30)31/h6-12H,5,13H2,1-4H3,(H,24,29). The number of methoxy groups -OCH3 is 2. The highest BCUT2D eigenvalue weighted by Gasteiger charge is 2.16. The zero-order valence-electron chi connectivity index (χ0n) is 19.1. The number of aromatic nitrogens is 3. The number of carbonyl (C=O) groups is 1. The van der Waals surface area contributed by atoms with Crippen molar-refractivity contribution in [1.82, 2.24) is 20.2 Å². The average molecular weight is 485 g/mol. The van der Waals surface area contributed by atoms with Gasteiger partial charge in [0, 0.05) is 29.8 Å². The number of carbonyl (C=O) groups excluding carboxylic acids is 1. The van der Waals surface area contributed by atoms with E-state index in [4.69, 9.17) is 9.47 Å². The Balaban J connectivity index is 1.67. The molecule has 0 bridgehead atoms. The monoisotopic (exact) mass is 484 g/mol. The molecule has 1 N–H and O–H groups in total. The molecule has 178 valence electrons. The molecule has 11 nitrogen and oxygen atoms in total. The van der Waals surface area contributed by atoms with E-state index in [2.05, 4.69) is 20.7 Å². The van der Waals surface area contributed by atoms with Gasteiger partial charge >= 0.3 is 0 Å². The van der Waals surface area contributed by atoms with Gasteiger partial charge in [-0.3, -0.25) is 14.9 Å². The van der Waals surface area contributed by atoms with Crippen molar-refractivity contribution < 1.29 is 19.2 Å². The molecule has 1 aromatic heterocycles. The molecule has 1 heterocycles. The van der Waals surface area contributed by atoms with Crippen LogP contribution >= 0.6 is 11.8 Å². The van der Waals surface area contributed by atoms with E-state index >= 15 is 0 Å². The van der Waals surface area contributed by atoms with E-state index in [9.17, 15) is 14.9 Å². The summed E-state index contributed by atoms with van der Waals surface area (Å²) in [7, 11) is 3.14. The molecule has 0 saturated carbocycles. The quantitative estimate of drug-likeness (QED) is 0.200. The lowest BCUT2D eigenvalue weighted by Crippen LogP contribution is -2.21. The maximum absolute atomic E-state index is 12.3. The molecule has 34 heavy (non-hydrogen) atoms. The molecule has 0 radical (unpaired) electrons. The highest BCUT2D eigenvalue weighted by molar-refractivity contribution is 7.99. The van der Waals surface area contributed by atoms with Crippen molar-refractivity contribution in [3.05, 3.63) is 58.1 Å². The SMILES string of the molecule is CCn1c(SCC(=O)NN=C(C)c2cccc([N+](=O)[O-])c2)nnc1-c1ccc(OC)c(OC)c1. The van der Waals surface area contributed by atoms with Gasteiger partial charge in [-0.25, -0.2) is 5.43 Å². The van der Waals surface area contributed by atoms with E-state index in [0.29, 0.717) is 40.3 Å². The fourth-order valence-electron chi connectivity index (χ4n) is 3.09. The van der Waals surface area contributed by atoms with Crippen molar-refractivity contribution in [3.63, 3.8) is 0 Å². The molecule has 12 heteroatoms. The summed E-state index contributed by atoms with van der Waals surface area (Å²) in [5.41, 5.74) is 4.24. The maximum Gasteiger partial charge on any atom is 0.270 e. The van der Waals surface area contributed by atoms with Gasteiger partial charge in [0.25, 0.3) is 11.6 Å². The first-order valence-corrected chi connectivity index (χ1v) is 11.2. The number of rotatable bonds is 10. The Labute approximate surface area is 200 Å². The Bertz CT molecular complexity index is 1230. The van der Waals surface area contributed by atoms with Crippen LogP contribution in [0.25, 0.3) is 11.4 Å². The van der Waals surface area contributed by atoms with E-state index in [1.807, 2.05) is 23.6 Å². The number of nitrogens with zero attached hydrogens (tertiary/aromatic N) is 5. The Morgan fingerprint density at radius 2 is 1.94 bits per heavy atom. The van der Waals surface area contributed by atoms with Gasteiger partial charge < -0.3 is 14.0 Å². The topological polar surface area (TPSA) is 134 Å². The molecule has 0 atom stereocenters. The van der Waals surface area contributed by atoms with Crippen LogP contribution < -0.4 is 14.9 Å². The van der Waals surface area contributed by atoms with E-state index in [0.717, 1.165) is 5.56 Å². The minimum atomic E-state index is -0.480. The number of amides is 1. The smallest absolute Gasteiger partial charge is 0.270 e. The second kappa shape index (κ2) is 11.3. The fraction of sp³-hybridized carbons (Fsp3) is 0.273. The molecule has 0 aliphatic heterocycles. The van der Waals surface area contributed by atoms with Crippen molar-refractivity contribution in [2.75, 3.05) is 20.0 Å². The predicted octanol–water partition coefficient (Wildman–Crippen LogP) is 3.52. The molecule has 3 rings (SSSR count). The molecule has 0 aliphatic carbocycles. The number of thioether (sulfide) groups is 1. The summed E-state index contributed by atoms with van der Waals surface area (Å²) in [4.78, 5) is 22.8. The van der Waals surface area contributed by atoms with Crippen LogP contribution in [0.4, 0.5) is 5.69 Å². The van der Waals surface area contributed by atoms with Crippen LogP contribution in [0.5, 0.6) is 11.5 Å². The average Bonchev–Trinajstić information content (AvgIpc) is 3.28. The summed E-state index contributed by atoms with van der Waals surface area (Å²) in [6, 6.07) is 11.5. The van der Waals surface area contributed by atoms with E-state index in [1.165, 1.54) is 23.9 Å². The lowest BCUT2D eigenvalue weighted by molar-refractivity contribution is -0.384. The Hall–Kier alpha value is -3.93. The Morgan fingerprint density at radius 3 is 2.62 bits per heavy atom. The third-order valence-corrected chi connectivity index (χ3v) is 5.80. The summed E-state index contributed by atoms with van der Waals surface area (Å²) in [6.45, 7) is 4.23. The minimum Gasteiger partial charge on any atom is -0.493 e. The lowest BCUT2D eigenvalue weighted by atomic mass is 10.1. The lowest BCUT2D eigenvalue weighted by Gasteiger charge is -2.10. The molecule has 1 amide bonds. The first-order chi connectivity index (χ1) is 16.4. The van der Waals surface area contributed by atoms with Gasteiger partial charge in [-0.2, -0.15) is 5.10 Å². The molecule has 0 saturated heterocycles. The number of hydrazone groups is 1. The Kier molecular flexibility index (Phi) is 8.19. The van der Waals surface area contributed by atoms with Crippen molar-refractivity contribution in [3.8, 4) is 22.9 Å². The second-order valence-corrected chi connectivity index (χ2v) is 7.89. The molecule has 0 spiro atoms. The number of nitro groups is 1. The molecule has 0 fully saturated rings. The molecule has 3 aromatic rings. The van der Waals surface area contributed by atoms with Gasteiger partial charge in [0.2, 0.25) is 0 Å². The zero-order valence-corrected chi connectivity index (χ0v) is 20.0. The largest absolute Gasteiger partial charge is 0.493 e. The third-order valence-electron chi connectivity index (χ3n) is 4.83. The zero-order chi connectivity index (χ0) is 24.7. The number of nitrogens with one attached hydrogen (secondary N) is 1. The summed E-state index contributed by atoms with van der Waals surface area (Å²) in [5.74, 6) is 1.56. The third kappa shape index (κ3) is 5.70. The predicted molar refractivity (Wildman–Crippen MR) is 128 cm³/mol. The van der Waals surface area contributed by atoms with Gasteiger partial charge in [-0.1, -0.05) is 23.9 Å². The van der Waals surface area contributed by atoms with Crippen LogP contribution in [0.15, 0.2) is 52.7 Å². The number of nitro benzene ring substituents is 1. The van der Waals surface area contributed by atoms with Gasteiger partial charge in [0.15, 0.2) is 22.5 Å². The van der Waals surface area contributed by atoms with Crippen molar-refractivity contribution in [1.29, 1.82) is 0 Å². The first kappa shape index (κ1) is 24.7. The number of ether oxygens (including phenoxy) is 2. The summed E-state index contributed by atoms with van der Waals surface area (Å²) >= 11 is 1.23. The number of hydrogen-bond donors (Lipinski definition) is 1. The summed E-state index contributed by atoms with van der Waals surface area (Å²) < 4.78 is 12.5. The summed E-state index contributed by atoms with van der Waals surface area (Å²) in [6.07, 6.45) is 0. The first-order valence-electron chi connectivity index (χ1n) is 10.2. The number of benzene rings is 2. The van der Waals surface area contributed by atoms with E-state index in [1.54, 1.807) is 39.3 Å². The van der Waals surface area contributed by atoms with Crippen LogP contribution in [0.3, 0.4) is 0 Å². The number of non-ortho nitro benzene ring substituents is 1. The van der Waals surface area contributed by atoms with Gasteiger partial charge in [0.1, 0.15) is 0 Å². The van der Waals surface area contributed by atoms with E-state index < -0.39 is 4.92 Å². The summed E-state index contributed by atoms with van der Waals surface area (Å²) in [5, 5.41) is 24.1.